The van der Waals surface area contributed by atoms with Gasteiger partial charge in [-0.15, -0.1) is 0 Å². The van der Waals surface area contributed by atoms with Crippen molar-refractivity contribution in [1.82, 2.24) is 0 Å². The molecule has 0 aliphatic heterocycles. The van der Waals surface area contributed by atoms with Crippen LogP contribution in [0.5, 0.6) is 0 Å². The second kappa shape index (κ2) is 5.80. The Morgan fingerprint density at radius 1 is 1.29 bits per heavy atom. The molecule has 0 bridgehead atoms. The Balaban J connectivity index is 2.53. The van der Waals surface area contributed by atoms with E-state index in [-0.39, 0.29) is 11.7 Å². The van der Waals surface area contributed by atoms with E-state index in [9.17, 15) is 13.0 Å². The van der Waals surface area contributed by atoms with Crippen molar-refractivity contribution < 1.29 is 27.3 Å². The van der Waals surface area contributed by atoms with Crippen molar-refractivity contribution in [1.29, 1.82) is 0 Å². The van der Waals surface area contributed by atoms with Gasteiger partial charge in [-0.3, -0.25) is 4.52 Å². The normalized spacial score (nSPS) is 27.0. The predicted octanol–water partition coefficient (Wildman–Crippen LogP) is 1.09. The van der Waals surface area contributed by atoms with Crippen LogP contribution in [0.1, 0.15) is 32.6 Å². The molecule has 0 spiro atoms. The highest BCUT2D eigenvalue weighted by Crippen LogP contribution is 2.36. The first-order valence-electron chi connectivity index (χ1n) is 5.64. The van der Waals surface area contributed by atoms with Gasteiger partial charge in [-0.05, 0) is 18.8 Å². The maximum atomic E-state index is 11.9. The van der Waals surface area contributed by atoms with E-state index in [1.807, 2.05) is 6.92 Å². The fourth-order valence-electron chi connectivity index (χ4n) is 2.24. The maximum Gasteiger partial charge on any atom is 0.469 e. The van der Waals surface area contributed by atoms with Crippen LogP contribution in [0.15, 0.2) is 0 Å². The zero-order valence-electron chi connectivity index (χ0n) is 9.78. The average Bonchev–Trinajstić information content (AvgIpc) is 2.15. The zero-order valence-corrected chi connectivity index (χ0v) is 11.5. The minimum absolute atomic E-state index is 0.115. The molecule has 2 N–H and O–H groups in total. The highest BCUT2D eigenvalue weighted by Gasteiger charge is 2.32. The summed E-state index contributed by atoms with van der Waals surface area (Å²) in [5, 5.41) is -0.392. The standard InChI is InChI=1S/C9H19O6PS/c1-8-4-2-3-5-9(8)17(13,14)7-6-15-16(10,11)12/h8-9H,2-7H2,1H3,(H2,10,11,12). The number of phosphoric acid groups is 1. The Bertz CT molecular complexity index is 386. The fraction of sp³-hybridized carbons (Fsp3) is 1.00. The third-order valence-electron chi connectivity index (χ3n) is 3.12. The van der Waals surface area contributed by atoms with Crippen molar-refractivity contribution in [2.24, 2.45) is 5.92 Å². The SMILES string of the molecule is CC1CCCCC1S(=O)(=O)CCOP(=O)(O)O. The van der Waals surface area contributed by atoms with Gasteiger partial charge in [0.05, 0.1) is 17.6 Å². The van der Waals surface area contributed by atoms with Crippen molar-refractivity contribution in [3.05, 3.63) is 0 Å². The van der Waals surface area contributed by atoms with Gasteiger partial charge in [0.15, 0.2) is 9.84 Å². The lowest BCUT2D eigenvalue weighted by Crippen LogP contribution is -2.34. The van der Waals surface area contributed by atoms with Gasteiger partial charge in [-0.1, -0.05) is 19.8 Å². The molecule has 2 unspecified atom stereocenters. The topological polar surface area (TPSA) is 101 Å². The predicted molar refractivity (Wildman–Crippen MR) is 63.2 cm³/mol. The highest BCUT2D eigenvalue weighted by atomic mass is 32.2. The first-order valence-corrected chi connectivity index (χ1v) is 8.88. The number of rotatable bonds is 5. The van der Waals surface area contributed by atoms with Crippen molar-refractivity contribution in [2.75, 3.05) is 12.4 Å². The summed E-state index contributed by atoms with van der Waals surface area (Å²) in [5.74, 6) is -0.212. The summed E-state index contributed by atoms with van der Waals surface area (Å²) >= 11 is 0. The Kier molecular flexibility index (Phi) is 5.16. The lowest BCUT2D eigenvalue weighted by molar-refractivity contribution is 0.207. The quantitative estimate of drug-likeness (QED) is 0.734. The summed E-state index contributed by atoms with van der Waals surface area (Å²) in [6.45, 7) is 1.46. The second-order valence-electron chi connectivity index (χ2n) is 4.49. The maximum absolute atomic E-state index is 11.9. The van der Waals surface area contributed by atoms with E-state index in [4.69, 9.17) is 9.79 Å². The van der Waals surface area contributed by atoms with Crippen molar-refractivity contribution in [3.8, 4) is 0 Å². The molecule has 8 heteroatoms. The van der Waals surface area contributed by atoms with Crippen LogP contribution in [-0.2, 0) is 18.9 Å². The van der Waals surface area contributed by atoms with E-state index in [1.165, 1.54) is 0 Å². The van der Waals surface area contributed by atoms with E-state index < -0.39 is 29.5 Å². The molecule has 1 saturated carbocycles. The summed E-state index contributed by atoms with van der Waals surface area (Å²) in [6.07, 6.45) is 3.47. The Morgan fingerprint density at radius 2 is 1.88 bits per heavy atom. The molecule has 1 aliphatic carbocycles. The largest absolute Gasteiger partial charge is 0.469 e. The molecule has 6 nitrogen and oxygen atoms in total. The molecule has 1 fully saturated rings. The summed E-state index contributed by atoms with van der Waals surface area (Å²) in [7, 11) is -7.89. The minimum Gasteiger partial charge on any atom is -0.303 e. The Hall–Kier alpha value is 0.0600. The van der Waals surface area contributed by atoms with Gasteiger partial charge in [0, 0.05) is 0 Å². The molecule has 1 rings (SSSR count). The molecule has 0 radical (unpaired) electrons. The van der Waals surface area contributed by atoms with Crippen LogP contribution in [0.2, 0.25) is 0 Å². The molecule has 2 atom stereocenters. The molecule has 0 amide bonds. The molecule has 17 heavy (non-hydrogen) atoms. The molecular weight excluding hydrogens is 267 g/mol. The average molecular weight is 286 g/mol. The second-order valence-corrected chi connectivity index (χ2v) is 8.07. The van der Waals surface area contributed by atoms with Crippen molar-refractivity contribution in [2.45, 2.75) is 37.9 Å². The summed E-state index contributed by atoms with van der Waals surface area (Å²) < 4.78 is 38.5. The number of hydrogen-bond acceptors (Lipinski definition) is 4. The van der Waals surface area contributed by atoms with E-state index >= 15 is 0 Å². The molecule has 1 aliphatic rings. The van der Waals surface area contributed by atoms with Crippen LogP contribution >= 0.6 is 7.82 Å². The molecule has 0 aromatic rings. The smallest absolute Gasteiger partial charge is 0.303 e. The van der Waals surface area contributed by atoms with E-state index in [1.54, 1.807) is 0 Å². The van der Waals surface area contributed by atoms with Crippen LogP contribution < -0.4 is 0 Å². The lowest BCUT2D eigenvalue weighted by atomic mass is 9.90. The fourth-order valence-corrected chi connectivity index (χ4v) is 4.68. The van der Waals surface area contributed by atoms with Gasteiger partial charge in [-0.2, -0.15) is 0 Å². The van der Waals surface area contributed by atoms with Crippen LogP contribution in [0.25, 0.3) is 0 Å². The van der Waals surface area contributed by atoms with Crippen LogP contribution in [-0.4, -0.2) is 35.8 Å². The highest BCUT2D eigenvalue weighted by molar-refractivity contribution is 7.92. The molecule has 0 saturated heterocycles. The van der Waals surface area contributed by atoms with E-state index in [0.717, 1.165) is 19.3 Å². The summed E-state index contributed by atoms with van der Waals surface area (Å²) in [6, 6.07) is 0. The first-order chi connectivity index (χ1) is 7.72. The summed E-state index contributed by atoms with van der Waals surface area (Å²) in [4.78, 5) is 16.9. The number of sulfone groups is 1. The van der Waals surface area contributed by atoms with Gasteiger partial charge in [0.25, 0.3) is 0 Å². The van der Waals surface area contributed by atoms with Crippen LogP contribution in [0.4, 0.5) is 0 Å². The Labute approximate surface area is 102 Å². The molecular formula is C9H19O6PS. The third kappa shape index (κ3) is 5.06. The number of phosphoric ester groups is 1. The minimum atomic E-state index is -4.57. The third-order valence-corrected chi connectivity index (χ3v) is 6.00. The summed E-state index contributed by atoms with van der Waals surface area (Å²) in [5.41, 5.74) is 0. The van der Waals surface area contributed by atoms with Gasteiger partial charge >= 0.3 is 7.82 Å². The van der Waals surface area contributed by atoms with Gasteiger partial charge in [-0.25, -0.2) is 13.0 Å². The molecule has 102 valence electrons. The number of hydrogen-bond donors (Lipinski definition) is 2. The lowest BCUT2D eigenvalue weighted by Gasteiger charge is -2.28. The van der Waals surface area contributed by atoms with E-state index in [2.05, 4.69) is 4.52 Å². The zero-order chi connectivity index (χ0) is 13.1. The molecule has 0 aromatic heterocycles. The first kappa shape index (κ1) is 15.1. The van der Waals surface area contributed by atoms with Crippen molar-refractivity contribution >= 4 is 17.7 Å². The molecule has 0 heterocycles. The van der Waals surface area contributed by atoms with Crippen LogP contribution in [0.3, 0.4) is 0 Å². The van der Waals surface area contributed by atoms with Gasteiger partial charge in [0.2, 0.25) is 0 Å². The Morgan fingerprint density at radius 3 is 2.41 bits per heavy atom. The van der Waals surface area contributed by atoms with Gasteiger partial charge in [0.1, 0.15) is 0 Å². The van der Waals surface area contributed by atoms with E-state index in [0.29, 0.717) is 6.42 Å². The van der Waals surface area contributed by atoms with Gasteiger partial charge < -0.3 is 9.79 Å². The van der Waals surface area contributed by atoms with Crippen molar-refractivity contribution in [3.63, 3.8) is 0 Å². The monoisotopic (exact) mass is 286 g/mol. The molecule has 0 aromatic carbocycles. The van der Waals surface area contributed by atoms with Crippen LogP contribution in [0, 0.1) is 5.92 Å².